The van der Waals surface area contributed by atoms with Crippen LogP contribution in [-0.4, -0.2) is 13.0 Å². The van der Waals surface area contributed by atoms with Crippen molar-refractivity contribution in [3.63, 3.8) is 0 Å². The van der Waals surface area contributed by atoms with Crippen molar-refractivity contribution in [3.05, 3.63) is 119 Å². The molecule has 0 aromatic heterocycles. The molecule has 6 aromatic carbocycles. The molecule has 0 saturated heterocycles. The molecule has 0 spiro atoms. The number of alkyl halides is 12. The van der Waals surface area contributed by atoms with Crippen LogP contribution in [0.1, 0.15) is 22.3 Å². The van der Waals surface area contributed by atoms with Crippen LogP contribution in [0.2, 0.25) is 0 Å². The molecule has 54 heavy (non-hydrogen) atoms. The molecule has 1 heterocycles. The third-order valence-corrected chi connectivity index (χ3v) is 11.9. The van der Waals surface area contributed by atoms with Crippen LogP contribution in [0.4, 0.5) is 52.7 Å². The van der Waals surface area contributed by atoms with Crippen LogP contribution in [-0.2, 0) is 46.1 Å². The molecule has 7 rings (SSSR count). The van der Waals surface area contributed by atoms with Gasteiger partial charge in [0.2, 0.25) is 0 Å². The predicted octanol–water partition coefficient (Wildman–Crippen LogP) is 11.4. The fraction of sp³-hybridized carbons (Fsp3) is 0.111. The molecule has 1 aliphatic heterocycles. The van der Waals surface area contributed by atoms with Crippen LogP contribution in [0.25, 0.3) is 54.9 Å². The molecule has 0 bridgehead atoms. The Balaban J connectivity index is 1.70. The average molecular weight is 804 g/mol. The summed E-state index contributed by atoms with van der Waals surface area (Å²) in [5, 5.41) is 0.188. The summed E-state index contributed by atoms with van der Waals surface area (Å²) in [6.45, 7) is 0. The van der Waals surface area contributed by atoms with Crippen LogP contribution in [0, 0.1) is 0 Å². The molecule has 4 nitrogen and oxygen atoms in total. The third kappa shape index (κ3) is 6.54. The molecule has 0 amide bonds. The van der Waals surface area contributed by atoms with Crippen molar-refractivity contribution in [1.29, 1.82) is 0 Å². The molecule has 6 aromatic rings. The van der Waals surface area contributed by atoms with Gasteiger partial charge in [-0.2, -0.15) is 52.7 Å². The van der Waals surface area contributed by atoms with Gasteiger partial charge in [0.25, 0.3) is 10.0 Å². The summed E-state index contributed by atoms with van der Waals surface area (Å²) >= 11 is -3.06. The Morgan fingerprint density at radius 3 is 1.30 bits per heavy atom. The lowest BCUT2D eigenvalue weighted by Crippen LogP contribution is -2.30. The second-order valence-electron chi connectivity index (χ2n) is 12.1. The van der Waals surface area contributed by atoms with E-state index in [4.69, 9.17) is 0 Å². The van der Waals surface area contributed by atoms with Crippen molar-refractivity contribution >= 4 is 42.9 Å². The van der Waals surface area contributed by atoms with Crippen molar-refractivity contribution < 1.29 is 65.7 Å². The van der Waals surface area contributed by atoms with Crippen molar-refractivity contribution in [1.82, 2.24) is 4.13 Å². The lowest BCUT2D eigenvalue weighted by Gasteiger charge is -2.20. The molecular formula is C36H17F12NO3S2. The van der Waals surface area contributed by atoms with Crippen molar-refractivity contribution in [2.75, 3.05) is 0 Å². The van der Waals surface area contributed by atoms with Gasteiger partial charge in [0.05, 0.1) is 33.6 Å². The second-order valence-corrected chi connectivity index (χ2v) is 15.2. The number of benzene rings is 6. The topological polar surface area (TPSA) is 69.2 Å². The Kier molecular flexibility index (Phi) is 8.60. The number of fused-ring (bicyclic) bond motifs is 7. The van der Waals surface area contributed by atoms with Gasteiger partial charge < -0.3 is 4.55 Å². The molecule has 0 aliphatic carbocycles. The molecule has 1 N–H and O–H groups in total. The van der Waals surface area contributed by atoms with Gasteiger partial charge in [0, 0.05) is 22.3 Å². The molecule has 1 unspecified atom stereocenters. The molecular weight excluding hydrogens is 787 g/mol. The van der Waals surface area contributed by atoms with Gasteiger partial charge in [-0.3, -0.25) is 0 Å². The van der Waals surface area contributed by atoms with Crippen molar-refractivity contribution in [3.8, 4) is 33.4 Å². The quantitative estimate of drug-likeness (QED) is 0.140. The van der Waals surface area contributed by atoms with E-state index in [0.29, 0.717) is 24.3 Å². The highest BCUT2D eigenvalue weighted by atomic mass is 32.3. The zero-order chi connectivity index (χ0) is 39.3. The van der Waals surface area contributed by atoms with Gasteiger partial charge in [0.15, 0.2) is 4.90 Å². The van der Waals surface area contributed by atoms with E-state index in [2.05, 4.69) is 0 Å². The number of sulfonamides is 1. The molecule has 1 atom stereocenters. The highest BCUT2D eigenvalue weighted by Crippen LogP contribution is 2.52. The first-order valence-corrected chi connectivity index (χ1v) is 17.7. The second kappa shape index (κ2) is 12.4. The van der Waals surface area contributed by atoms with E-state index in [-0.39, 0.29) is 39.2 Å². The normalized spacial score (nSPS) is 16.3. The highest BCUT2D eigenvalue weighted by Gasteiger charge is 2.43. The maximum atomic E-state index is 14.3. The van der Waals surface area contributed by atoms with Gasteiger partial charge in [-0.25, -0.2) is 8.42 Å². The lowest BCUT2D eigenvalue weighted by molar-refractivity contribution is -0.144. The van der Waals surface area contributed by atoms with Gasteiger partial charge in [-0.1, -0.05) is 48.5 Å². The van der Waals surface area contributed by atoms with E-state index < -0.39 is 106 Å². The Hall–Kier alpha value is -4.78. The number of nitrogens with one attached hydrogen (secondary N) is 1. The van der Waals surface area contributed by atoms with Crippen LogP contribution in [0.15, 0.2) is 107 Å². The fourth-order valence-electron chi connectivity index (χ4n) is 6.46. The van der Waals surface area contributed by atoms with Crippen LogP contribution in [0.3, 0.4) is 0 Å². The summed E-state index contributed by atoms with van der Waals surface area (Å²) in [6, 6.07) is 14.3. The summed E-state index contributed by atoms with van der Waals surface area (Å²) in [4.78, 5) is -1.56. The first-order chi connectivity index (χ1) is 24.9. The first-order valence-electron chi connectivity index (χ1n) is 15.1. The van der Waals surface area contributed by atoms with Gasteiger partial charge >= 0.3 is 24.7 Å². The minimum absolute atomic E-state index is 0.00729. The number of halogens is 12. The summed E-state index contributed by atoms with van der Waals surface area (Å²) in [7, 11) is -5.27. The van der Waals surface area contributed by atoms with E-state index in [0.717, 1.165) is 12.1 Å². The van der Waals surface area contributed by atoms with Crippen LogP contribution < -0.4 is 4.13 Å². The number of rotatable bonds is 2. The SMILES string of the molecule is O=S1(=O)N[S+]([O-])c2c(-c3cc(C(F)(F)F)cc(C(F)(F)F)c3)cc3ccccc3c2-c2c1c(-c1cc(C(F)(F)F)cc(C(F)(F)F)c1)cc1ccccc21. The van der Waals surface area contributed by atoms with Gasteiger partial charge in [0.1, 0.15) is 4.90 Å². The average Bonchev–Trinajstić information content (AvgIpc) is 3.17. The Bertz CT molecular complexity index is 2570. The Labute approximate surface area is 299 Å². The van der Waals surface area contributed by atoms with E-state index in [1.165, 1.54) is 48.5 Å². The summed E-state index contributed by atoms with van der Waals surface area (Å²) < 4.78 is 213. The minimum Gasteiger partial charge on any atom is -0.592 e. The van der Waals surface area contributed by atoms with Crippen LogP contribution in [0.5, 0.6) is 0 Å². The van der Waals surface area contributed by atoms with E-state index >= 15 is 0 Å². The standard InChI is InChI=1S/C36H17F12NO3S2/c37-33(38,39)21-9-19(10-22(15-21)34(40,41)42)27-13-17-5-1-3-7-25(17)29-30-26-8-4-2-6-18(26)14-28(32(30)54(51,52)49-53(50)31(27)29)20-11-23(35(43,44)45)16-24(12-20)36(46,47)48/h1-16,49H. The summed E-state index contributed by atoms with van der Waals surface area (Å²) in [5.74, 6) is 0. The maximum Gasteiger partial charge on any atom is 0.416 e. The summed E-state index contributed by atoms with van der Waals surface area (Å²) in [5.41, 5.74) is -10.7. The molecule has 280 valence electrons. The van der Waals surface area contributed by atoms with Gasteiger partial charge in [-0.15, -0.1) is 0 Å². The van der Waals surface area contributed by atoms with Gasteiger partial charge in [-0.05, 0) is 85.3 Å². The largest absolute Gasteiger partial charge is 0.592 e. The third-order valence-electron chi connectivity index (χ3n) is 8.69. The number of hydrogen-bond acceptors (Lipinski definition) is 3. The first kappa shape index (κ1) is 37.5. The molecule has 18 heteroatoms. The zero-order valence-electron chi connectivity index (χ0n) is 26.3. The minimum atomic E-state index is -5.35. The smallest absolute Gasteiger partial charge is 0.416 e. The van der Waals surface area contributed by atoms with E-state index in [9.17, 15) is 65.7 Å². The molecule has 0 radical (unpaired) electrons. The molecule has 0 fully saturated rings. The Morgan fingerprint density at radius 2 is 0.870 bits per heavy atom. The fourth-order valence-corrected chi connectivity index (χ4v) is 9.64. The summed E-state index contributed by atoms with van der Waals surface area (Å²) in [6.07, 6.45) is -21.3. The van der Waals surface area contributed by atoms with E-state index in [1.807, 2.05) is 4.13 Å². The highest BCUT2D eigenvalue weighted by molar-refractivity contribution is 8.05. The van der Waals surface area contributed by atoms with Crippen LogP contribution >= 0.6 is 0 Å². The lowest BCUT2D eigenvalue weighted by atomic mass is 9.87. The van der Waals surface area contributed by atoms with Crippen molar-refractivity contribution in [2.24, 2.45) is 0 Å². The zero-order valence-corrected chi connectivity index (χ0v) is 27.9. The Morgan fingerprint density at radius 1 is 0.500 bits per heavy atom. The molecule has 1 aliphatic rings. The van der Waals surface area contributed by atoms with E-state index in [1.54, 1.807) is 0 Å². The van der Waals surface area contributed by atoms with Crippen molar-refractivity contribution in [2.45, 2.75) is 34.5 Å². The molecule has 0 saturated carbocycles. The predicted molar refractivity (Wildman–Crippen MR) is 174 cm³/mol. The monoisotopic (exact) mass is 803 g/mol. The maximum absolute atomic E-state index is 14.3. The number of hydrogen-bond donors (Lipinski definition) is 1.